The molecule has 0 unspecified atom stereocenters. The summed E-state index contributed by atoms with van der Waals surface area (Å²) in [6.45, 7) is 1.03. The van der Waals surface area contributed by atoms with Crippen molar-refractivity contribution in [2.24, 2.45) is 7.05 Å². The highest BCUT2D eigenvalue weighted by Crippen LogP contribution is 2.31. The van der Waals surface area contributed by atoms with E-state index in [-0.39, 0.29) is 11.8 Å². The molecule has 1 amide bonds. The summed E-state index contributed by atoms with van der Waals surface area (Å²) < 4.78 is 12.2. The maximum Gasteiger partial charge on any atom is 0.276 e. The molecular weight excluding hydrogens is 324 g/mol. The van der Waals surface area contributed by atoms with Crippen molar-refractivity contribution in [3.8, 4) is 17.1 Å². The maximum absolute atomic E-state index is 12.3. The minimum Gasteiger partial charge on any atom is -0.496 e. The fraction of sp³-hybridized carbons (Fsp3) is 0.312. The van der Waals surface area contributed by atoms with Crippen LogP contribution >= 0.6 is 0 Å². The molecule has 1 fully saturated rings. The van der Waals surface area contributed by atoms with Crippen LogP contribution in [0.15, 0.2) is 35.0 Å². The quantitative estimate of drug-likeness (QED) is 0.701. The van der Waals surface area contributed by atoms with Crippen molar-refractivity contribution in [2.75, 3.05) is 20.2 Å². The van der Waals surface area contributed by atoms with E-state index in [1.807, 2.05) is 24.3 Å². The van der Waals surface area contributed by atoms with Crippen LogP contribution in [0.3, 0.4) is 0 Å². The Balaban J connectivity index is 1.45. The van der Waals surface area contributed by atoms with Crippen molar-refractivity contribution >= 4 is 5.91 Å². The fourth-order valence-electron chi connectivity index (χ4n) is 2.75. The summed E-state index contributed by atoms with van der Waals surface area (Å²) in [5.74, 6) is 1.56. The number of ether oxygens (including phenoxy) is 1. The minimum atomic E-state index is -0.145. The number of hydrogen-bond donors (Lipinski definition) is 0. The van der Waals surface area contributed by atoms with Gasteiger partial charge in [-0.1, -0.05) is 22.5 Å². The molecule has 0 bridgehead atoms. The average Bonchev–Trinajstić information content (AvgIpc) is 3.23. The van der Waals surface area contributed by atoms with Gasteiger partial charge in [0.2, 0.25) is 11.7 Å². The summed E-state index contributed by atoms with van der Waals surface area (Å²) in [4.78, 5) is 18.4. The molecule has 0 N–H and O–H groups in total. The third kappa shape index (κ3) is 2.73. The Bertz CT molecular complexity index is 912. The standard InChI is InChI=1S/C16H16N6O3/c1-21-9-12(18-20-21)16(23)22-7-10(8-22)15-17-14(19-25-15)11-5-3-4-6-13(11)24-2/h3-6,9-10H,7-8H2,1-2H3. The topological polar surface area (TPSA) is 99.2 Å². The fourth-order valence-corrected chi connectivity index (χ4v) is 2.75. The smallest absolute Gasteiger partial charge is 0.276 e. The molecule has 0 spiro atoms. The van der Waals surface area contributed by atoms with Crippen LogP contribution in [0.5, 0.6) is 5.75 Å². The lowest BCUT2D eigenvalue weighted by molar-refractivity contribution is 0.0563. The third-order valence-corrected chi connectivity index (χ3v) is 4.13. The van der Waals surface area contributed by atoms with Gasteiger partial charge in [-0.2, -0.15) is 4.98 Å². The second-order valence-electron chi connectivity index (χ2n) is 5.84. The van der Waals surface area contributed by atoms with Crippen molar-refractivity contribution < 1.29 is 14.1 Å². The van der Waals surface area contributed by atoms with Gasteiger partial charge in [0, 0.05) is 20.1 Å². The molecule has 25 heavy (non-hydrogen) atoms. The molecule has 1 aliphatic heterocycles. The predicted molar refractivity (Wildman–Crippen MR) is 85.9 cm³/mol. The molecule has 3 aromatic rings. The number of nitrogens with zero attached hydrogens (tertiary/aromatic N) is 6. The van der Waals surface area contributed by atoms with Crippen LogP contribution in [0, 0.1) is 0 Å². The zero-order chi connectivity index (χ0) is 17.4. The van der Waals surface area contributed by atoms with Crippen LogP contribution in [-0.2, 0) is 7.05 Å². The number of hydrogen-bond acceptors (Lipinski definition) is 7. The first kappa shape index (κ1) is 15.3. The highest BCUT2D eigenvalue weighted by molar-refractivity contribution is 5.92. The predicted octanol–water partition coefficient (Wildman–Crippen LogP) is 1.11. The van der Waals surface area contributed by atoms with Crippen molar-refractivity contribution in [3.05, 3.63) is 42.0 Å². The zero-order valence-corrected chi connectivity index (χ0v) is 13.8. The second-order valence-corrected chi connectivity index (χ2v) is 5.84. The number of carbonyl (C=O) groups excluding carboxylic acids is 1. The zero-order valence-electron chi connectivity index (χ0n) is 13.8. The molecule has 1 saturated heterocycles. The largest absolute Gasteiger partial charge is 0.496 e. The van der Waals surface area contributed by atoms with Crippen molar-refractivity contribution in [3.63, 3.8) is 0 Å². The summed E-state index contributed by atoms with van der Waals surface area (Å²) >= 11 is 0. The average molecular weight is 340 g/mol. The van der Waals surface area contributed by atoms with Gasteiger partial charge in [-0.3, -0.25) is 9.48 Å². The summed E-state index contributed by atoms with van der Waals surface area (Å²) in [6, 6.07) is 7.48. The Morgan fingerprint density at radius 3 is 2.84 bits per heavy atom. The first-order valence-electron chi connectivity index (χ1n) is 7.78. The van der Waals surface area contributed by atoms with Crippen LogP contribution in [0.4, 0.5) is 0 Å². The molecule has 0 atom stereocenters. The van der Waals surface area contributed by atoms with E-state index in [1.165, 1.54) is 4.68 Å². The van der Waals surface area contributed by atoms with E-state index in [9.17, 15) is 4.79 Å². The normalized spacial score (nSPS) is 14.4. The summed E-state index contributed by atoms with van der Waals surface area (Å²) in [7, 11) is 3.32. The highest BCUT2D eigenvalue weighted by Gasteiger charge is 2.37. The Morgan fingerprint density at radius 1 is 1.32 bits per heavy atom. The number of para-hydroxylation sites is 1. The van der Waals surface area contributed by atoms with E-state index in [2.05, 4.69) is 20.5 Å². The molecule has 0 aliphatic carbocycles. The van der Waals surface area contributed by atoms with Crippen molar-refractivity contribution in [1.82, 2.24) is 30.0 Å². The Labute approximate surface area is 143 Å². The minimum absolute atomic E-state index is 0.0246. The third-order valence-electron chi connectivity index (χ3n) is 4.13. The van der Waals surface area contributed by atoms with Crippen LogP contribution in [0.25, 0.3) is 11.4 Å². The van der Waals surface area contributed by atoms with E-state index in [4.69, 9.17) is 9.26 Å². The maximum atomic E-state index is 12.3. The second kappa shape index (κ2) is 6.00. The molecule has 3 heterocycles. The van der Waals surface area contributed by atoms with Gasteiger partial charge in [0.05, 0.1) is 24.8 Å². The summed E-state index contributed by atoms with van der Waals surface area (Å²) in [5.41, 5.74) is 1.10. The van der Waals surface area contributed by atoms with E-state index in [0.29, 0.717) is 36.2 Å². The number of aryl methyl sites for hydroxylation is 1. The molecule has 4 rings (SSSR count). The Hall–Kier alpha value is -3.23. The summed E-state index contributed by atoms with van der Waals surface area (Å²) in [6.07, 6.45) is 1.60. The lowest BCUT2D eigenvalue weighted by Crippen LogP contribution is -2.48. The number of amides is 1. The Kier molecular flexibility index (Phi) is 3.68. The van der Waals surface area contributed by atoms with Crippen molar-refractivity contribution in [2.45, 2.75) is 5.92 Å². The van der Waals surface area contributed by atoms with Gasteiger partial charge in [0.15, 0.2) is 5.69 Å². The van der Waals surface area contributed by atoms with E-state index in [0.717, 1.165) is 5.56 Å². The van der Waals surface area contributed by atoms with Gasteiger partial charge >= 0.3 is 0 Å². The number of aromatic nitrogens is 5. The van der Waals surface area contributed by atoms with Gasteiger partial charge in [-0.05, 0) is 12.1 Å². The number of carbonyl (C=O) groups is 1. The number of likely N-dealkylation sites (tertiary alicyclic amines) is 1. The van der Waals surface area contributed by atoms with Crippen LogP contribution in [0.1, 0.15) is 22.3 Å². The van der Waals surface area contributed by atoms with E-state index in [1.54, 1.807) is 25.3 Å². The molecular formula is C16H16N6O3. The monoisotopic (exact) mass is 340 g/mol. The van der Waals surface area contributed by atoms with E-state index < -0.39 is 0 Å². The SMILES string of the molecule is COc1ccccc1-c1noc(C2CN(C(=O)c3cn(C)nn3)C2)n1. The lowest BCUT2D eigenvalue weighted by atomic mass is 10.00. The number of methoxy groups -OCH3 is 1. The first-order chi connectivity index (χ1) is 12.2. The molecule has 1 aromatic carbocycles. The van der Waals surface area contributed by atoms with Crippen LogP contribution in [-0.4, -0.2) is 56.1 Å². The molecule has 128 valence electrons. The van der Waals surface area contributed by atoms with Gasteiger partial charge in [-0.25, -0.2) is 0 Å². The summed E-state index contributed by atoms with van der Waals surface area (Å²) in [5, 5.41) is 11.6. The van der Waals surface area contributed by atoms with Crippen LogP contribution < -0.4 is 4.74 Å². The number of rotatable bonds is 4. The van der Waals surface area contributed by atoms with E-state index >= 15 is 0 Å². The van der Waals surface area contributed by atoms with Crippen molar-refractivity contribution in [1.29, 1.82) is 0 Å². The lowest BCUT2D eigenvalue weighted by Gasteiger charge is -2.36. The molecule has 2 aromatic heterocycles. The molecule has 0 radical (unpaired) electrons. The van der Waals surface area contributed by atoms with Gasteiger partial charge in [0.25, 0.3) is 5.91 Å². The Morgan fingerprint density at radius 2 is 2.12 bits per heavy atom. The molecule has 9 heteroatoms. The number of benzene rings is 1. The molecule has 1 aliphatic rings. The highest BCUT2D eigenvalue weighted by atomic mass is 16.5. The van der Waals surface area contributed by atoms with Gasteiger partial charge in [-0.15, -0.1) is 5.10 Å². The van der Waals surface area contributed by atoms with Gasteiger partial charge < -0.3 is 14.2 Å². The molecule has 0 saturated carbocycles. The van der Waals surface area contributed by atoms with Crippen LogP contribution in [0.2, 0.25) is 0 Å². The van der Waals surface area contributed by atoms with Gasteiger partial charge in [0.1, 0.15) is 5.75 Å². The first-order valence-corrected chi connectivity index (χ1v) is 7.78. The molecule has 9 nitrogen and oxygen atoms in total.